The molecule has 1 aliphatic rings. The number of hydrogen-bond acceptors (Lipinski definition) is 5. The van der Waals surface area contributed by atoms with Crippen molar-refractivity contribution < 1.29 is 13.6 Å². The molecule has 10 heteroatoms. The Morgan fingerprint density at radius 3 is 2.76 bits per heavy atom. The van der Waals surface area contributed by atoms with E-state index >= 15 is 4.39 Å². The van der Waals surface area contributed by atoms with Gasteiger partial charge in [-0.1, -0.05) is 11.6 Å². The fraction of sp³-hybridized carbons (Fsp3) is 0.167. The van der Waals surface area contributed by atoms with E-state index in [0.29, 0.717) is 46.6 Å². The standard InChI is InChI=1S/C24H19ClF2N6O/c1-32-21(5-8-29-32)31-24-28-7-4-20(30-24)16-10-14-6-9-33(23(14)19(27)12-16)22(34)13-15-11-17(25)2-3-18(15)26/h2-5,7-8,10-12H,6,9,13H2,1H3,(H,28,30,31). The van der Waals surface area contributed by atoms with E-state index < -0.39 is 17.5 Å². The number of fused-ring (bicyclic) bond motifs is 1. The number of rotatable bonds is 5. The molecule has 2 aromatic carbocycles. The van der Waals surface area contributed by atoms with Gasteiger partial charge in [0.15, 0.2) is 0 Å². The first-order valence-electron chi connectivity index (χ1n) is 10.5. The predicted octanol–water partition coefficient (Wildman–Crippen LogP) is 4.68. The van der Waals surface area contributed by atoms with Crippen molar-refractivity contribution in [2.24, 2.45) is 7.05 Å². The first-order chi connectivity index (χ1) is 16.4. The number of benzene rings is 2. The summed E-state index contributed by atoms with van der Waals surface area (Å²) < 4.78 is 31.0. The summed E-state index contributed by atoms with van der Waals surface area (Å²) in [6, 6.07) is 10.7. The van der Waals surface area contributed by atoms with Gasteiger partial charge in [0, 0.05) is 36.4 Å². The Kier molecular flexibility index (Phi) is 5.70. The van der Waals surface area contributed by atoms with Gasteiger partial charge in [0.1, 0.15) is 17.5 Å². The molecule has 0 fully saturated rings. The molecule has 0 bridgehead atoms. The van der Waals surface area contributed by atoms with Gasteiger partial charge in [0.25, 0.3) is 0 Å². The molecule has 1 N–H and O–H groups in total. The van der Waals surface area contributed by atoms with Gasteiger partial charge in [-0.2, -0.15) is 5.10 Å². The Hall–Kier alpha value is -3.85. The van der Waals surface area contributed by atoms with Crippen LogP contribution in [0.5, 0.6) is 0 Å². The molecule has 7 nitrogen and oxygen atoms in total. The lowest BCUT2D eigenvalue weighted by molar-refractivity contribution is -0.118. The number of aryl methyl sites for hydroxylation is 1. The minimum Gasteiger partial charge on any atom is -0.309 e. The minimum atomic E-state index is -0.537. The molecule has 2 aromatic heterocycles. The molecule has 0 spiro atoms. The Bertz CT molecular complexity index is 1410. The molecular weight excluding hydrogens is 462 g/mol. The summed E-state index contributed by atoms with van der Waals surface area (Å²) in [4.78, 5) is 23.0. The van der Waals surface area contributed by atoms with Crippen LogP contribution in [0.3, 0.4) is 0 Å². The van der Waals surface area contributed by atoms with Crippen LogP contribution in [0.4, 0.5) is 26.2 Å². The maximum atomic E-state index is 15.2. The van der Waals surface area contributed by atoms with Crippen LogP contribution < -0.4 is 10.2 Å². The molecule has 5 rings (SSSR count). The fourth-order valence-electron chi connectivity index (χ4n) is 4.02. The number of nitrogens with one attached hydrogen (secondary N) is 1. The third-order valence-electron chi connectivity index (χ3n) is 5.68. The highest BCUT2D eigenvalue weighted by Gasteiger charge is 2.29. The van der Waals surface area contributed by atoms with E-state index in [0.717, 1.165) is 0 Å². The lowest BCUT2D eigenvalue weighted by Crippen LogP contribution is -2.31. The van der Waals surface area contributed by atoms with Crippen molar-refractivity contribution in [3.63, 3.8) is 0 Å². The Morgan fingerprint density at radius 2 is 1.97 bits per heavy atom. The number of carbonyl (C=O) groups is 1. The van der Waals surface area contributed by atoms with Gasteiger partial charge in [-0.05, 0) is 53.9 Å². The SMILES string of the molecule is Cn1nccc1Nc1nccc(-c2cc(F)c3c(c2)CCN3C(=O)Cc2cc(Cl)ccc2F)n1. The van der Waals surface area contributed by atoms with Crippen molar-refractivity contribution in [1.82, 2.24) is 19.7 Å². The van der Waals surface area contributed by atoms with Crippen molar-refractivity contribution in [2.75, 3.05) is 16.8 Å². The van der Waals surface area contributed by atoms with Gasteiger partial charge in [-0.25, -0.2) is 18.7 Å². The molecular formula is C24H19ClF2N6O. The molecule has 34 heavy (non-hydrogen) atoms. The monoisotopic (exact) mass is 480 g/mol. The summed E-state index contributed by atoms with van der Waals surface area (Å²) in [5, 5.41) is 7.50. The molecule has 0 aliphatic carbocycles. The van der Waals surface area contributed by atoms with Crippen LogP contribution in [0.15, 0.2) is 54.9 Å². The summed E-state index contributed by atoms with van der Waals surface area (Å²) in [5.41, 5.74) is 2.19. The minimum absolute atomic E-state index is 0.178. The highest BCUT2D eigenvalue weighted by atomic mass is 35.5. The quantitative estimate of drug-likeness (QED) is 0.448. The van der Waals surface area contributed by atoms with Gasteiger partial charge in [0.2, 0.25) is 11.9 Å². The largest absolute Gasteiger partial charge is 0.309 e. The molecule has 0 saturated carbocycles. The van der Waals surface area contributed by atoms with Crippen molar-refractivity contribution >= 4 is 35.0 Å². The van der Waals surface area contributed by atoms with Gasteiger partial charge in [-0.3, -0.25) is 9.48 Å². The van der Waals surface area contributed by atoms with Crippen LogP contribution in [0, 0.1) is 11.6 Å². The molecule has 0 atom stereocenters. The molecule has 0 radical (unpaired) electrons. The molecule has 0 unspecified atom stereocenters. The second kappa shape index (κ2) is 8.83. The van der Waals surface area contributed by atoms with Crippen LogP contribution in [0.2, 0.25) is 5.02 Å². The average molecular weight is 481 g/mol. The fourth-order valence-corrected chi connectivity index (χ4v) is 4.21. The Balaban J connectivity index is 1.40. The van der Waals surface area contributed by atoms with Crippen molar-refractivity contribution in [3.8, 4) is 11.3 Å². The zero-order valence-corrected chi connectivity index (χ0v) is 18.9. The third-order valence-corrected chi connectivity index (χ3v) is 5.91. The maximum absolute atomic E-state index is 15.2. The predicted molar refractivity (Wildman–Crippen MR) is 125 cm³/mol. The van der Waals surface area contributed by atoms with E-state index in [9.17, 15) is 9.18 Å². The van der Waals surface area contributed by atoms with E-state index in [1.165, 1.54) is 29.2 Å². The first-order valence-corrected chi connectivity index (χ1v) is 10.9. The summed E-state index contributed by atoms with van der Waals surface area (Å²) >= 11 is 5.93. The molecule has 4 aromatic rings. The molecule has 1 amide bonds. The van der Waals surface area contributed by atoms with Crippen molar-refractivity contribution in [3.05, 3.63) is 82.6 Å². The lowest BCUT2D eigenvalue weighted by Gasteiger charge is -2.19. The maximum Gasteiger partial charge on any atom is 0.231 e. The summed E-state index contributed by atoms with van der Waals surface area (Å²) in [5.74, 6) is -0.391. The number of anilines is 3. The number of nitrogens with zero attached hydrogens (tertiary/aromatic N) is 5. The summed E-state index contributed by atoms with van der Waals surface area (Å²) in [6.45, 7) is 0.313. The zero-order valence-electron chi connectivity index (χ0n) is 18.1. The molecule has 3 heterocycles. The topological polar surface area (TPSA) is 75.9 Å². The van der Waals surface area contributed by atoms with Gasteiger partial charge in [-0.15, -0.1) is 0 Å². The van der Waals surface area contributed by atoms with Crippen LogP contribution in [-0.4, -0.2) is 32.2 Å². The van der Waals surface area contributed by atoms with Crippen LogP contribution in [0.1, 0.15) is 11.1 Å². The van der Waals surface area contributed by atoms with Crippen molar-refractivity contribution in [2.45, 2.75) is 12.8 Å². The second-order valence-corrected chi connectivity index (χ2v) is 8.34. The van der Waals surface area contributed by atoms with E-state index in [4.69, 9.17) is 11.6 Å². The lowest BCUT2D eigenvalue weighted by atomic mass is 10.0. The van der Waals surface area contributed by atoms with E-state index in [-0.39, 0.29) is 17.7 Å². The number of hydrogen-bond donors (Lipinski definition) is 1. The normalized spacial score (nSPS) is 12.6. The first kappa shape index (κ1) is 22.0. The third kappa shape index (κ3) is 4.22. The number of carbonyl (C=O) groups excluding carboxylic acids is 1. The molecule has 1 aliphatic heterocycles. The molecule has 0 saturated heterocycles. The highest BCUT2D eigenvalue weighted by Crippen LogP contribution is 2.35. The number of aromatic nitrogens is 4. The number of amides is 1. The van der Waals surface area contributed by atoms with Crippen LogP contribution >= 0.6 is 11.6 Å². The second-order valence-electron chi connectivity index (χ2n) is 7.90. The van der Waals surface area contributed by atoms with Gasteiger partial charge in [0.05, 0.1) is 24.0 Å². The van der Waals surface area contributed by atoms with Crippen LogP contribution in [0.25, 0.3) is 11.3 Å². The Labute approximate surface area is 199 Å². The van der Waals surface area contributed by atoms with Crippen LogP contribution in [-0.2, 0) is 24.7 Å². The van der Waals surface area contributed by atoms with E-state index in [2.05, 4.69) is 20.4 Å². The summed E-state index contributed by atoms with van der Waals surface area (Å²) in [7, 11) is 1.79. The zero-order chi connectivity index (χ0) is 23.8. The Morgan fingerprint density at radius 1 is 1.12 bits per heavy atom. The van der Waals surface area contributed by atoms with Crippen molar-refractivity contribution in [1.29, 1.82) is 0 Å². The average Bonchev–Trinajstić information content (AvgIpc) is 3.43. The summed E-state index contributed by atoms with van der Waals surface area (Å²) in [6.07, 6.45) is 3.51. The van der Waals surface area contributed by atoms with Gasteiger partial charge >= 0.3 is 0 Å². The van der Waals surface area contributed by atoms with E-state index in [1.807, 2.05) is 6.07 Å². The number of halogens is 3. The highest BCUT2D eigenvalue weighted by molar-refractivity contribution is 6.30. The van der Waals surface area contributed by atoms with Gasteiger partial charge < -0.3 is 10.2 Å². The van der Waals surface area contributed by atoms with E-state index in [1.54, 1.807) is 36.3 Å². The molecule has 172 valence electrons. The smallest absolute Gasteiger partial charge is 0.231 e.